The number of urea groups is 1. The van der Waals surface area contributed by atoms with Gasteiger partial charge in [0.25, 0.3) is 0 Å². The van der Waals surface area contributed by atoms with Gasteiger partial charge in [0.05, 0.1) is 13.7 Å². The number of hydrogen-bond donors (Lipinski definition) is 2. The lowest BCUT2D eigenvalue weighted by Crippen LogP contribution is -2.30. The molecular weight excluding hydrogens is 340 g/mol. The van der Waals surface area contributed by atoms with E-state index in [4.69, 9.17) is 9.47 Å². The van der Waals surface area contributed by atoms with E-state index < -0.39 is 5.97 Å². The summed E-state index contributed by atoms with van der Waals surface area (Å²) < 4.78 is 11.4. The normalized spacial score (nSPS) is 10.8. The van der Waals surface area contributed by atoms with Gasteiger partial charge in [-0.1, -0.05) is 13.8 Å². The highest BCUT2D eigenvalue weighted by Crippen LogP contribution is 2.39. The second-order valence-corrected chi connectivity index (χ2v) is 7.01. The van der Waals surface area contributed by atoms with Crippen molar-refractivity contribution < 1.29 is 19.1 Å². The zero-order valence-electron chi connectivity index (χ0n) is 15.0. The zero-order valence-corrected chi connectivity index (χ0v) is 15.8. The second-order valence-electron chi connectivity index (χ2n) is 5.96. The Labute approximate surface area is 151 Å². The molecule has 6 nitrogen and oxygen atoms in total. The molecule has 0 radical (unpaired) electrons. The fraction of sp³-hybridized carbons (Fsp3) is 0.444. The lowest BCUT2D eigenvalue weighted by molar-refractivity contribution is 0.0602. The average Bonchev–Trinajstić information content (AvgIpc) is 2.92. The van der Waals surface area contributed by atoms with Crippen LogP contribution in [-0.2, 0) is 4.74 Å². The van der Waals surface area contributed by atoms with Crippen molar-refractivity contribution in [1.82, 2.24) is 5.32 Å². The number of amides is 2. The van der Waals surface area contributed by atoms with E-state index in [0.717, 1.165) is 16.5 Å². The summed E-state index contributed by atoms with van der Waals surface area (Å²) in [4.78, 5) is 24.3. The number of carbonyl (C=O) groups excluding carboxylic acids is 2. The highest BCUT2D eigenvalue weighted by molar-refractivity contribution is 7.21. The number of nitrogens with one attached hydrogen (secondary N) is 2. The molecule has 0 saturated carbocycles. The molecule has 0 fully saturated rings. The third kappa shape index (κ3) is 4.85. The standard InChI is InChI=1S/C18H24N2O4S/c1-5-24-15-13-10-12(20-18(22)19-9-8-11(2)3)6-7-14(13)25-16(15)17(21)23-4/h6-7,10-11H,5,8-9H2,1-4H3,(H2,19,20,22). The van der Waals surface area contributed by atoms with Crippen LogP contribution in [-0.4, -0.2) is 32.3 Å². The van der Waals surface area contributed by atoms with Gasteiger partial charge >= 0.3 is 12.0 Å². The Morgan fingerprint density at radius 3 is 2.68 bits per heavy atom. The van der Waals surface area contributed by atoms with E-state index in [9.17, 15) is 9.59 Å². The minimum absolute atomic E-state index is 0.249. The minimum atomic E-state index is -0.425. The molecule has 2 amide bonds. The topological polar surface area (TPSA) is 76.7 Å². The van der Waals surface area contributed by atoms with Crippen molar-refractivity contribution in [3.63, 3.8) is 0 Å². The number of esters is 1. The van der Waals surface area contributed by atoms with Crippen LogP contribution in [0, 0.1) is 5.92 Å². The first-order valence-electron chi connectivity index (χ1n) is 8.28. The number of carbonyl (C=O) groups is 2. The molecule has 2 aromatic rings. The Hall–Kier alpha value is -2.28. The van der Waals surface area contributed by atoms with E-state index in [1.807, 2.05) is 19.1 Å². The van der Waals surface area contributed by atoms with Crippen LogP contribution in [0.5, 0.6) is 5.75 Å². The molecule has 0 spiro atoms. The maximum atomic E-state index is 12.0. The number of thiophene rings is 1. The molecule has 0 unspecified atom stereocenters. The monoisotopic (exact) mass is 364 g/mol. The number of anilines is 1. The van der Waals surface area contributed by atoms with Crippen LogP contribution >= 0.6 is 11.3 Å². The van der Waals surface area contributed by atoms with Gasteiger partial charge in [-0.3, -0.25) is 0 Å². The van der Waals surface area contributed by atoms with Crippen LogP contribution in [0.15, 0.2) is 18.2 Å². The van der Waals surface area contributed by atoms with Crippen molar-refractivity contribution in [3.05, 3.63) is 23.1 Å². The first-order valence-corrected chi connectivity index (χ1v) is 9.10. The first-order chi connectivity index (χ1) is 12.0. The van der Waals surface area contributed by atoms with Gasteiger partial charge in [-0.2, -0.15) is 0 Å². The van der Waals surface area contributed by atoms with Crippen LogP contribution < -0.4 is 15.4 Å². The van der Waals surface area contributed by atoms with Crippen LogP contribution in [0.1, 0.15) is 36.9 Å². The molecule has 1 heterocycles. The molecule has 1 aromatic heterocycles. The molecule has 136 valence electrons. The molecule has 7 heteroatoms. The SMILES string of the molecule is CCOc1c(C(=O)OC)sc2ccc(NC(=O)NCCC(C)C)cc12. The van der Waals surface area contributed by atoms with Crippen molar-refractivity contribution in [1.29, 1.82) is 0 Å². The molecule has 0 atom stereocenters. The number of benzene rings is 1. The van der Waals surface area contributed by atoms with Crippen molar-refractivity contribution in [2.75, 3.05) is 25.6 Å². The maximum Gasteiger partial charge on any atom is 0.351 e. The van der Waals surface area contributed by atoms with Crippen molar-refractivity contribution in [3.8, 4) is 5.75 Å². The fourth-order valence-corrected chi connectivity index (χ4v) is 3.36. The van der Waals surface area contributed by atoms with Gasteiger partial charge in [0.1, 0.15) is 0 Å². The number of rotatable bonds is 7. The summed E-state index contributed by atoms with van der Waals surface area (Å²) in [6, 6.07) is 5.23. The Bertz CT molecular complexity index is 755. The van der Waals surface area contributed by atoms with E-state index >= 15 is 0 Å². The van der Waals surface area contributed by atoms with Gasteiger partial charge < -0.3 is 20.1 Å². The Balaban J connectivity index is 2.21. The molecule has 0 aliphatic rings. The van der Waals surface area contributed by atoms with E-state index in [0.29, 0.717) is 35.4 Å². The highest BCUT2D eigenvalue weighted by Gasteiger charge is 2.20. The van der Waals surface area contributed by atoms with Gasteiger partial charge in [0, 0.05) is 22.3 Å². The first kappa shape index (κ1) is 19.1. The van der Waals surface area contributed by atoms with E-state index in [1.54, 1.807) is 6.07 Å². The quantitative estimate of drug-likeness (QED) is 0.720. The van der Waals surface area contributed by atoms with E-state index in [1.165, 1.54) is 18.4 Å². The summed E-state index contributed by atoms with van der Waals surface area (Å²) in [7, 11) is 1.34. The van der Waals surface area contributed by atoms with Crippen LogP contribution in [0.25, 0.3) is 10.1 Å². The van der Waals surface area contributed by atoms with Gasteiger partial charge in [0.2, 0.25) is 0 Å². The summed E-state index contributed by atoms with van der Waals surface area (Å²) in [6.07, 6.45) is 0.925. The second kappa shape index (κ2) is 8.71. The van der Waals surface area contributed by atoms with Crippen molar-refractivity contribution in [2.24, 2.45) is 5.92 Å². The van der Waals surface area contributed by atoms with Gasteiger partial charge in [-0.05, 0) is 37.5 Å². The molecule has 25 heavy (non-hydrogen) atoms. The Morgan fingerprint density at radius 2 is 2.04 bits per heavy atom. The summed E-state index contributed by atoms with van der Waals surface area (Å²) in [6.45, 7) is 7.13. The fourth-order valence-electron chi connectivity index (χ4n) is 2.32. The Kier molecular flexibility index (Phi) is 6.64. The average molecular weight is 364 g/mol. The van der Waals surface area contributed by atoms with Gasteiger partial charge in [-0.25, -0.2) is 9.59 Å². The number of hydrogen-bond acceptors (Lipinski definition) is 5. The van der Waals surface area contributed by atoms with Crippen molar-refractivity contribution >= 4 is 39.1 Å². The summed E-state index contributed by atoms with van der Waals surface area (Å²) in [5, 5.41) is 6.43. The van der Waals surface area contributed by atoms with Crippen LogP contribution in [0.2, 0.25) is 0 Å². The summed E-state index contributed by atoms with van der Waals surface area (Å²) in [5.41, 5.74) is 0.643. The predicted octanol–water partition coefficient (Wildman–Crippen LogP) is 4.25. The summed E-state index contributed by atoms with van der Waals surface area (Å²) >= 11 is 1.31. The molecule has 0 saturated heterocycles. The Morgan fingerprint density at radius 1 is 1.28 bits per heavy atom. The van der Waals surface area contributed by atoms with E-state index in [-0.39, 0.29) is 6.03 Å². The predicted molar refractivity (Wildman–Crippen MR) is 101 cm³/mol. The maximum absolute atomic E-state index is 12.0. The lowest BCUT2D eigenvalue weighted by Gasteiger charge is -2.09. The molecule has 0 bridgehead atoms. The lowest BCUT2D eigenvalue weighted by atomic mass is 10.1. The molecule has 2 N–H and O–H groups in total. The third-order valence-corrected chi connectivity index (χ3v) is 4.70. The number of fused-ring (bicyclic) bond motifs is 1. The molecule has 2 rings (SSSR count). The smallest absolute Gasteiger partial charge is 0.351 e. The van der Waals surface area contributed by atoms with Gasteiger partial charge in [-0.15, -0.1) is 11.3 Å². The van der Waals surface area contributed by atoms with Crippen LogP contribution in [0.4, 0.5) is 10.5 Å². The number of methoxy groups -OCH3 is 1. The van der Waals surface area contributed by atoms with E-state index in [2.05, 4.69) is 24.5 Å². The van der Waals surface area contributed by atoms with Crippen LogP contribution in [0.3, 0.4) is 0 Å². The zero-order chi connectivity index (χ0) is 18.4. The number of ether oxygens (including phenoxy) is 2. The largest absolute Gasteiger partial charge is 0.491 e. The molecule has 0 aliphatic heterocycles. The highest BCUT2D eigenvalue weighted by atomic mass is 32.1. The molecule has 0 aliphatic carbocycles. The molecular formula is C18H24N2O4S. The minimum Gasteiger partial charge on any atom is -0.491 e. The third-order valence-electron chi connectivity index (χ3n) is 3.57. The van der Waals surface area contributed by atoms with Crippen molar-refractivity contribution in [2.45, 2.75) is 27.2 Å². The molecule has 1 aromatic carbocycles. The van der Waals surface area contributed by atoms with Gasteiger partial charge in [0.15, 0.2) is 10.6 Å². The summed E-state index contributed by atoms with van der Waals surface area (Å²) in [5.74, 6) is 0.608.